The van der Waals surface area contributed by atoms with E-state index in [0.29, 0.717) is 6.42 Å². The van der Waals surface area contributed by atoms with Gasteiger partial charge in [-0.1, -0.05) is 39.8 Å². The van der Waals surface area contributed by atoms with Crippen molar-refractivity contribution in [3.05, 3.63) is 52.9 Å². The maximum atomic E-state index is 13.7. The number of aliphatic hydroxyl groups excluding tert-OH is 1. The molecule has 0 saturated carbocycles. The third kappa shape index (κ3) is 4.54. The van der Waals surface area contributed by atoms with Gasteiger partial charge in [0.2, 0.25) is 0 Å². The second kappa shape index (κ2) is 7.47. The van der Waals surface area contributed by atoms with Crippen molar-refractivity contribution in [3.8, 4) is 0 Å². The highest BCUT2D eigenvalue weighted by Gasteiger charge is 2.39. The number of benzene rings is 1. The van der Waals surface area contributed by atoms with Crippen LogP contribution in [0.25, 0.3) is 5.57 Å². The van der Waals surface area contributed by atoms with E-state index < -0.39 is 12.2 Å². The van der Waals surface area contributed by atoms with Crippen molar-refractivity contribution in [2.45, 2.75) is 72.5 Å². The zero-order chi connectivity index (χ0) is 20.7. The van der Waals surface area contributed by atoms with Crippen LogP contribution in [-0.2, 0) is 9.53 Å². The summed E-state index contributed by atoms with van der Waals surface area (Å²) in [4.78, 5) is 11.6. The van der Waals surface area contributed by atoms with Crippen LogP contribution in [0.15, 0.2) is 35.9 Å². The Balaban J connectivity index is 2.06. The maximum absolute atomic E-state index is 13.7. The van der Waals surface area contributed by atoms with E-state index in [4.69, 9.17) is 4.74 Å². The van der Waals surface area contributed by atoms with Gasteiger partial charge in [-0.2, -0.15) is 0 Å². The Morgan fingerprint density at radius 3 is 2.61 bits per heavy atom. The molecule has 2 atom stereocenters. The Bertz CT molecular complexity index is 832. The van der Waals surface area contributed by atoms with Gasteiger partial charge in [0, 0.05) is 6.42 Å². The lowest BCUT2D eigenvalue weighted by atomic mass is 9.61. The summed E-state index contributed by atoms with van der Waals surface area (Å²) in [7, 11) is 0. The molecule has 0 spiro atoms. The number of halogens is 1. The van der Waals surface area contributed by atoms with E-state index in [1.54, 1.807) is 6.07 Å². The van der Waals surface area contributed by atoms with Crippen molar-refractivity contribution in [2.75, 3.05) is 0 Å². The molecule has 28 heavy (non-hydrogen) atoms. The lowest BCUT2D eigenvalue weighted by molar-refractivity contribution is -0.156. The second-order valence-electron chi connectivity index (χ2n) is 9.73. The number of esters is 1. The van der Waals surface area contributed by atoms with E-state index in [0.717, 1.165) is 24.0 Å². The fourth-order valence-corrected chi connectivity index (χ4v) is 5.00. The summed E-state index contributed by atoms with van der Waals surface area (Å²) in [6.07, 6.45) is 5.30. The number of carbonyl (C=O) groups excluding carboxylic acids is 1. The number of hydrogen-bond donors (Lipinski definition) is 1. The quantitative estimate of drug-likeness (QED) is 0.712. The molecule has 0 aromatic heterocycles. The van der Waals surface area contributed by atoms with Crippen molar-refractivity contribution in [1.82, 2.24) is 0 Å². The first kappa shape index (κ1) is 20.8. The molecular weight excluding hydrogens is 355 g/mol. The van der Waals surface area contributed by atoms with E-state index in [2.05, 4.69) is 33.8 Å². The molecule has 0 radical (unpaired) electrons. The number of aryl methyl sites for hydroxylation is 1. The van der Waals surface area contributed by atoms with Gasteiger partial charge in [-0.3, -0.25) is 4.79 Å². The largest absolute Gasteiger partial charge is 0.458 e. The number of ether oxygens (including phenoxy) is 1. The smallest absolute Gasteiger partial charge is 0.309 e. The Hall–Kier alpha value is -1.94. The van der Waals surface area contributed by atoms with Gasteiger partial charge in [0.15, 0.2) is 0 Å². The predicted octanol–water partition coefficient (Wildman–Crippen LogP) is 5.36. The summed E-state index contributed by atoms with van der Waals surface area (Å²) in [5.41, 5.74) is 4.46. The highest BCUT2D eigenvalue weighted by Crippen LogP contribution is 2.52. The van der Waals surface area contributed by atoms with Crippen molar-refractivity contribution in [1.29, 1.82) is 0 Å². The Kier molecular flexibility index (Phi) is 5.55. The number of cyclic esters (lactones) is 1. The monoisotopic (exact) mass is 386 g/mol. The minimum Gasteiger partial charge on any atom is -0.458 e. The summed E-state index contributed by atoms with van der Waals surface area (Å²) < 4.78 is 19.1. The van der Waals surface area contributed by atoms with Gasteiger partial charge in [0.05, 0.1) is 12.5 Å². The molecule has 1 heterocycles. The van der Waals surface area contributed by atoms with Crippen molar-refractivity contribution in [3.63, 3.8) is 0 Å². The van der Waals surface area contributed by atoms with Crippen LogP contribution in [0.5, 0.6) is 0 Å². The van der Waals surface area contributed by atoms with E-state index in [-0.39, 0.29) is 29.0 Å². The standard InChI is InChI=1S/C24H31FO3/c1-15-10-16(25)6-8-19(15)20-13-23(2,3)14-24(4,5)21(20)9-7-18-11-17(26)12-22(27)28-18/h6-10,17-18,26H,11-14H2,1-5H3/b9-7+/t17-,18-/m1/s1. The zero-order valence-corrected chi connectivity index (χ0v) is 17.5. The van der Waals surface area contributed by atoms with Crippen LogP contribution in [0.2, 0.25) is 0 Å². The van der Waals surface area contributed by atoms with E-state index in [1.165, 1.54) is 17.2 Å². The molecule has 3 rings (SSSR count). The molecule has 1 saturated heterocycles. The molecule has 1 aliphatic carbocycles. The molecule has 1 aromatic rings. The topological polar surface area (TPSA) is 46.5 Å². The van der Waals surface area contributed by atoms with Crippen LogP contribution < -0.4 is 0 Å². The molecule has 1 N–H and O–H groups in total. The molecule has 0 unspecified atom stereocenters. The number of hydrogen-bond acceptors (Lipinski definition) is 3. The highest BCUT2D eigenvalue weighted by molar-refractivity contribution is 5.76. The average molecular weight is 387 g/mol. The fourth-order valence-electron chi connectivity index (χ4n) is 5.00. The molecular formula is C24H31FO3. The Morgan fingerprint density at radius 2 is 1.96 bits per heavy atom. The summed E-state index contributed by atoms with van der Waals surface area (Å²) >= 11 is 0. The average Bonchev–Trinajstić information content (AvgIpc) is 2.50. The first-order chi connectivity index (χ1) is 13.0. The minimum absolute atomic E-state index is 0.0622. The molecule has 0 bridgehead atoms. The van der Waals surface area contributed by atoms with Gasteiger partial charge in [0.1, 0.15) is 11.9 Å². The van der Waals surface area contributed by atoms with Gasteiger partial charge in [-0.05, 0) is 71.1 Å². The van der Waals surface area contributed by atoms with E-state index in [9.17, 15) is 14.3 Å². The second-order valence-corrected chi connectivity index (χ2v) is 9.73. The van der Waals surface area contributed by atoms with Gasteiger partial charge in [0.25, 0.3) is 0 Å². The van der Waals surface area contributed by atoms with Gasteiger partial charge in [-0.25, -0.2) is 4.39 Å². The zero-order valence-electron chi connectivity index (χ0n) is 17.5. The number of aliphatic hydroxyl groups is 1. The highest BCUT2D eigenvalue weighted by atomic mass is 19.1. The van der Waals surface area contributed by atoms with Crippen LogP contribution in [-0.4, -0.2) is 23.3 Å². The molecule has 1 fully saturated rings. The summed E-state index contributed by atoms with van der Waals surface area (Å²) in [5, 5.41) is 9.87. The number of rotatable bonds is 3. The fraction of sp³-hybridized carbons (Fsp3) is 0.542. The number of carbonyl (C=O) groups is 1. The van der Waals surface area contributed by atoms with E-state index >= 15 is 0 Å². The van der Waals surface area contributed by atoms with Crippen molar-refractivity contribution >= 4 is 11.5 Å². The molecule has 3 nitrogen and oxygen atoms in total. The summed E-state index contributed by atoms with van der Waals surface area (Å²) in [6, 6.07) is 4.97. The van der Waals surface area contributed by atoms with Gasteiger partial charge in [-0.15, -0.1) is 0 Å². The lowest BCUT2D eigenvalue weighted by Crippen LogP contribution is -2.32. The third-order valence-corrected chi connectivity index (χ3v) is 5.81. The SMILES string of the molecule is Cc1cc(F)ccc1C1=C(/C=C/[C@@H]2C[C@@H](O)CC(=O)O2)C(C)(C)CC(C)(C)C1. The van der Waals surface area contributed by atoms with Crippen molar-refractivity contribution in [2.24, 2.45) is 10.8 Å². The Morgan fingerprint density at radius 1 is 1.25 bits per heavy atom. The van der Waals surface area contributed by atoms with Crippen LogP contribution >= 0.6 is 0 Å². The molecule has 2 aliphatic rings. The Labute approximate surface area is 167 Å². The third-order valence-electron chi connectivity index (χ3n) is 5.81. The van der Waals surface area contributed by atoms with Crippen LogP contribution in [0.3, 0.4) is 0 Å². The predicted molar refractivity (Wildman–Crippen MR) is 109 cm³/mol. The first-order valence-corrected chi connectivity index (χ1v) is 10.0. The summed E-state index contributed by atoms with van der Waals surface area (Å²) in [6.45, 7) is 10.9. The van der Waals surface area contributed by atoms with Gasteiger partial charge < -0.3 is 9.84 Å². The van der Waals surface area contributed by atoms with Crippen LogP contribution in [0, 0.1) is 23.6 Å². The summed E-state index contributed by atoms with van der Waals surface area (Å²) in [5.74, 6) is -0.586. The molecule has 152 valence electrons. The normalized spacial score (nSPS) is 27.2. The maximum Gasteiger partial charge on any atom is 0.309 e. The molecule has 0 amide bonds. The van der Waals surface area contributed by atoms with Gasteiger partial charge >= 0.3 is 5.97 Å². The molecule has 1 aromatic carbocycles. The van der Waals surface area contributed by atoms with Crippen LogP contribution in [0.4, 0.5) is 4.39 Å². The molecule has 4 heteroatoms. The molecule has 1 aliphatic heterocycles. The number of allylic oxidation sites excluding steroid dienone is 3. The van der Waals surface area contributed by atoms with E-state index in [1.807, 2.05) is 19.1 Å². The minimum atomic E-state index is -0.651. The lowest BCUT2D eigenvalue weighted by Gasteiger charge is -2.43. The first-order valence-electron chi connectivity index (χ1n) is 10.0. The van der Waals surface area contributed by atoms with Crippen molar-refractivity contribution < 1.29 is 19.0 Å². The van der Waals surface area contributed by atoms with Crippen LogP contribution in [0.1, 0.15) is 64.5 Å².